The lowest BCUT2D eigenvalue weighted by Gasteiger charge is -2.19. The smallest absolute Gasteiger partial charge is 0.217 e. The number of carbonyl (C=O) groups is 1. The molecule has 0 spiro atoms. The minimum Gasteiger partial charge on any atom is -0.411 e. The molecule has 0 aliphatic heterocycles. The third-order valence-corrected chi connectivity index (χ3v) is 7.54. The van der Waals surface area contributed by atoms with Crippen LogP contribution < -0.4 is 10.6 Å². The van der Waals surface area contributed by atoms with Gasteiger partial charge in [0.25, 0.3) is 0 Å². The van der Waals surface area contributed by atoms with Crippen LogP contribution >= 0.6 is 11.3 Å². The average molecular weight is 440 g/mol. The van der Waals surface area contributed by atoms with Crippen molar-refractivity contribution in [3.8, 4) is 0 Å². The van der Waals surface area contributed by atoms with Crippen molar-refractivity contribution < 1.29 is 22.8 Å². The lowest BCUT2D eigenvalue weighted by Crippen LogP contribution is -2.36. The molecule has 0 saturated heterocycles. The quantitative estimate of drug-likeness (QED) is 0.454. The van der Waals surface area contributed by atoms with Crippen LogP contribution in [0.1, 0.15) is 41.8 Å². The molecule has 1 aromatic heterocycles. The number of oxime groups is 1. The van der Waals surface area contributed by atoms with Crippen LogP contribution in [0.4, 0.5) is 4.39 Å². The van der Waals surface area contributed by atoms with Gasteiger partial charge in [-0.25, -0.2) is 12.8 Å². The first kappa shape index (κ1) is 21.4. The number of nitrogens with one attached hydrogen (secondary N) is 2. The highest BCUT2D eigenvalue weighted by atomic mass is 32.2. The van der Waals surface area contributed by atoms with Gasteiger partial charge >= 0.3 is 0 Å². The number of thiophene rings is 1. The van der Waals surface area contributed by atoms with Gasteiger partial charge < -0.3 is 15.8 Å². The second-order valence-corrected chi connectivity index (χ2v) is 9.66. The second kappa shape index (κ2) is 9.02. The Hall–Kier alpha value is -2.30. The Morgan fingerprint density at radius 3 is 2.69 bits per heavy atom. The molecule has 1 unspecified atom stereocenters. The maximum Gasteiger partial charge on any atom is 0.217 e. The zero-order chi connectivity index (χ0) is 21.0. The van der Waals surface area contributed by atoms with Crippen molar-refractivity contribution in [1.82, 2.24) is 10.6 Å². The Labute approximate surface area is 172 Å². The van der Waals surface area contributed by atoms with E-state index in [9.17, 15) is 17.6 Å². The molecular weight excluding hydrogens is 417 g/mol. The minimum absolute atomic E-state index is 0.167. The van der Waals surface area contributed by atoms with Crippen molar-refractivity contribution >= 4 is 32.8 Å². The highest BCUT2D eigenvalue weighted by Gasteiger charge is 2.28. The number of halogens is 1. The SMILES string of the molecule is CC(=O)NC(CNCS(=O)(=O)c1csc2c1CCC/C2=N/O)c1ccc(F)cc1. The molecule has 7 nitrogen and oxygen atoms in total. The molecule has 0 bridgehead atoms. The number of hydrogen-bond acceptors (Lipinski definition) is 7. The molecule has 156 valence electrons. The zero-order valence-electron chi connectivity index (χ0n) is 15.8. The van der Waals surface area contributed by atoms with E-state index in [2.05, 4.69) is 15.8 Å². The van der Waals surface area contributed by atoms with Crippen LogP contribution in [-0.4, -0.2) is 37.7 Å². The third-order valence-electron chi connectivity index (χ3n) is 4.70. The molecule has 0 saturated carbocycles. The maximum absolute atomic E-state index is 13.2. The van der Waals surface area contributed by atoms with Crippen LogP contribution in [0.2, 0.25) is 0 Å². The van der Waals surface area contributed by atoms with E-state index >= 15 is 0 Å². The minimum atomic E-state index is -3.61. The molecule has 0 radical (unpaired) electrons. The summed E-state index contributed by atoms with van der Waals surface area (Å²) in [5, 5.41) is 19.6. The number of rotatable bonds is 7. The summed E-state index contributed by atoms with van der Waals surface area (Å²) in [5.41, 5.74) is 1.89. The fraction of sp³-hybridized carbons (Fsp3) is 0.368. The van der Waals surface area contributed by atoms with E-state index in [1.807, 2.05) is 0 Å². The molecule has 3 rings (SSSR count). The highest BCUT2D eigenvalue weighted by Crippen LogP contribution is 2.33. The predicted octanol–water partition coefficient (Wildman–Crippen LogP) is 2.60. The van der Waals surface area contributed by atoms with Gasteiger partial charge in [0.1, 0.15) is 11.7 Å². The monoisotopic (exact) mass is 439 g/mol. The first-order valence-electron chi connectivity index (χ1n) is 9.09. The van der Waals surface area contributed by atoms with Crippen LogP contribution in [0.3, 0.4) is 0 Å². The number of fused-ring (bicyclic) bond motifs is 1. The summed E-state index contributed by atoms with van der Waals surface area (Å²) in [6.07, 6.45) is 1.97. The van der Waals surface area contributed by atoms with Crippen molar-refractivity contribution in [3.05, 3.63) is 51.5 Å². The van der Waals surface area contributed by atoms with Crippen molar-refractivity contribution in [3.63, 3.8) is 0 Å². The molecule has 1 heterocycles. The summed E-state index contributed by atoms with van der Waals surface area (Å²) in [6.45, 7) is 1.53. The fourth-order valence-corrected chi connectivity index (χ4v) is 6.27. The number of amides is 1. The van der Waals surface area contributed by atoms with Gasteiger partial charge in [0.2, 0.25) is 5.91 Å². The zero-order valence-corrected chi connectivity index (χ0v) is 17.4. The Morgan fingerprint density at radius 2 is 2.03 bits per heavy atom. The summed E-state index contributed by atoms with van der Waals surface area (Å²) < 4.78 is 38.9. The standard InChI is InChI=1S/C19H22FN3O4S2/c1-12(24)22-17(13-5-7-14(20)8-6-13)9-21-11-29(26,27)18-10-28-19-15(18)3-2-4-16(19)23-25/h5-8,10,17,21,25H,2-4,9,11H2,1H3,(H,22,24)/b23-16-. The van der Waals surface area contributed by atoms with Crippen LogP contribution in [0.25, 0.3) is 0 Å². The lowest BCUT2D eigenvalue weighted by atomic mass is 9.98. The second-order valence-electron chi connectivity index (χ2n) is 6.83. The number of nitrogens with zero attached hydrogens (tertiary/aromatic N) is 1. The Morgan fingerprint density at radius 1 is 1.31 bits per heavy atom. The van der Waals surface area contributed by atoms with E-state index in [0.717, 1.165) is 11.3 Å². The van der Waals surface area contributed by atoms with Crippen LogP contribution in [0, 0.1) is 5.82 Å². The molecular formula is C19H22FN3O4S2. The molecule has 1 atom stereocenters. The predicted molar refractivity (Wildman–Crippen MR) is 109 cm³/mol. The van der Waals surface area contributed by atoms with Gasteiger partial charge in [0.05, 0.1) is 21.5 Å². The van der Waals surface area contributed by atoms with Gasteiger partial charge in [-0.05, 0) is 42.5 Å². The molecule has 1 aromatic carbocycles. The van der Waals surface area contributed by atoms with E-state index in [1.165, 1.54) is 30.4 Å². The summed E-state index contributed by atoms with van der Waals surface area (Å²) in [4.78, 5) is 12.5. The highest BCUT2D eigenvalue weighted by molar-refractivity contribution is 7.91. The van der Waals surface area contributed by atoms with Gasteiger partial charge in [0.15, 0.2) is 9.84 Å². The van der Waals surface area contributed by atoms with Gasteiger partial charge in [-0.3, -0.25) is 4.79 Å². The largest absolute Gasteiger partial charge is 0.411 e. The lowest BCUT2D eigenvalue weighted by molar-refractivity contribution is -0.119. The molecule has 3 N–H and O–H groups in total. The van der Waals surface area contributed by atoms with Gasteiger partial charge in [-0.1, -0.05) is 17.3 Å². The fourth-order valence-electron chi connectivity index (χ4n) is 3.36. The molecule has 1 amide bonds. The number of benzene rings is 1. The molecule has 2 aromatic rings. The summed E-state index contributed by atoms with van der Waals surface area (Å²) in [7, 11) is -3.61. The topological polar surface area (TPSA) is 108 Å². The van der Waals surface area contributed by atoms with Crippen molar-refractivity contribution in [2.75, 3.05) is 12.4 Å². The Balaban J connectivity index is 1.72. The van der Waals surface area contributed by atoms with Crippen molar-refractivity contribution in [2.45, 2.75) is 37.1 Å². The first-order chi connectivity index (χ1) is 13.8. The van der Waals surface area contributed by atoms with E-state index in [0.29, 0.717) is 29.7 Å². The van der Waals surface area contributed by atoms with Crippen LogP contribution in [0.15, 0.2) is 39.7 Å². The normalized spacial score (nSPS) is 16.4. The summed E-state index contributed by atoms with van der Waals surface area (Å²) in [6, 6.07) is 5.19. The molecule has 10 heteroatoms. The van der Waals surface area contributed by atoms with Gasteiger partial charge in [-0.15, -0.1) is 11.3 Å². The third kappa shape index (κ3) is 5.01. The van der Waals surface area contributed by atoms with Crippen molar-refractivity contribution in [2.24, 2.45) is 5.16 Å². The Kier molecular flexibility index (Phi) is 6.66. The molecule has 29 heavy (non-hydrogen) atoms. The van der Waals surface area contributed by atoms with Crippen molar-refractivity contribution in [1.29, 1.82) is 0 Å². The van der Waals surface area contributed by atoms with E-state index < -0.39 is 15.9 Å². The van der Waals surface area contributed by atoms with E-state index in [4.69, 9.17) is 5.21 Å². The molecule has 1 aliphatic carbocycles. The summed E-state index contributed by atoms with van der Waals surface area (Å²) >= 11 is 1.27. The maximum atomic E-state index is 13.2. The molecule has 1 aliphatic rings. The molecule has 0 fully saturated rings. The van der Waals surface area contributed by atoms with Gasteiger partial charge in [0, 0.05) is 18.8 Å². The summed E-state index contributed by atoms with van der Waals surface area (Å²) in [5.74, 6) is -0.968. The number of carbonyl (C=O) groups excluding carboxylic acids is 1. The van der Waals surface area contributed by atoms with E-state index in [1.54, 1.807) is 17.5 Å². The number of sulfone groups is 1. The van der Waals surface area contributed by atoms with E-state index in [-0.39, 0.29) is 29.0 Å². The Bertz CT molecular complexity index is 1020. The van der Waals surface area contributed by atoms with Crippen LogP contribution in [0.5, 0.6) is 0 Å². The van der Waals surface area contributed by atoms with Gasteiger partial charge in [-0.2, -0.15) is 0 Å². The van der Waals surface area contributed by atoms with Crippen LogP contribution in [-0.2, 0) is 21.1 Å². The number of hydrogen-bond donors (Lipinski definition) is 3. The average Bonchev–Trinajstić information content (AvgIpc) is 3.12. The first-order valence-corrected chi connectivity index (χ1v) is 11.6.